The summed E-state index contributed by atoms with van der Waals surface area (Å²) >= 11 is 1.57. The molecule has 1 saturated carbocycles. The maximum absolute atomic E-state index is 13.4. The zero-order valence-electron chi connectivity index (χ0n) is 7.69. The van der Waals surface area contributed by atoms with Crippen LogP contribution in [0.15, 0.2) is 12.1 Å². The lowest BCUT2D eigenvalue weighted by molar-refractivity contribution is -0.117. The van der Waals surface area contributed by atoms with Crippen LogP contribution in [0, 0.1) is 21.1 Å². The average Bonchev–Trinajstić information content (AvgIpc) is 3.02. The Bertz CT molecular complexity index is 418. The van der Waals surface area contributed by atoms with E-state index in [1.807, 2.05) is 0 Å². The third-order valence-electron chi connectivity index (χ3n) is 2.24. The van der Waals surface area contributed by atoms with E-state index in [9.17, 15) is 13.6 Å². The number of hydrogen-bond acceptors (Lipinski definition) is 1. The maximum atomic E-state index is 13.4. The van der Waals surface area contributed by atoms with Crippen LogP contribution in [0.3, 0.4) is 0 Å². The van der Waals surface area contributed by atoms with E-state index in [4.69, 9.17) is 0 Å². The van der Waals surface area contributed by atoms with Crippen LogP contribution in [0.5, 0.6) is 0 Å². The van der Waals surface area contributed by atoms with Gasteiger partial charge in [0.25, 0.3) is 0 Å². The number of benzene rings is 1. The molecule has 1 N–H and O–H groups in total. The molecular weight excluding hydrogens is 315 g/mol. The SMILES string of the molecule is O=C(Nc1ccc(F)c(I)c1F)C1CC1. The Morgan fingerprint density at radius 2 is 2.07 bits per heavy atom. The minimum Gasteiger partial charge on any atom is -0.323 e. The number of amides is 1. The number of anilines is 1. The second-order valence-corrected chi connectivity index (χ2v) is 4.57. The van der Waals surface area contributed by atoms with Crippen LogP contribution in [-0.4, -0.2) is 5.91 Å². The largest absolute Gasteiger partial charge is 0.323 e. The highest BCUT2D eigenvalue weighted by Gasteiger charge is 2.30. The highest BCUT2D eigenvalue weighted by atomic mass is 127. The monoisotopic (exact) mass is 323 g/mol. The summed E-state index contributed by atoms with van der Waals surface area (Å²) in [6.45, 7) is 0. The zero-order valence-corrected chi connectivity index (χ0v) is 9.85. The second kappa shape index (κ2) is 4.03. The second-order valence-electron chi connectivity index (χ2n) is 3.49. The van der Waals surface area contributed by atoms with E-state index in [1.165, 1.54) is 6.07 Å². The highest BCUT2D eigenvalue weighted by molar-refractivity contribution is 14.1. The molecule has 1 fully saturated rings. The first-order chi connectivity index (χ1) is 7.09. The quantitative estimate of drug-likeness (QED) is 0.658. The zero-order chi connectivity index (χ0) is 11.0. The third kappa shape index (κ3) is 2.27. The summed E-state index contributed by atoms with van der Waals surface area (Å²) in [5.41, 5.74) is 0.0534. The van der Waals surface area contributed by atoms with Gasteiger partial charge in [0.15, 0.2) is 5.82 Å². The van der Waals surface area contributed by atoms with Gasteiger partial charge in [-0.25, -0.2) is 8.78 Å². The Morgan fingerprint density at radius 3 is 2.67 bits per heavy atom. The predicted octanol–water partition coefficient (Wildman–Crippen LogP) is 2.92. The molecule has 1 aromatic rings. The van der Waals surface area contributed by atoms with Crippen molar-refractivity contribution in [1.82, 2.24) is 0 Å². The molecule has 0 atom stereocenters. The van der Waals surface area contributed by atoms with Crippen molar-refractivity contribution in [2.45, 2.75) is 12.8 Å². The molecule has 2 nitrogen and oxygen atoms in total. The Labute approximate surface area is 99.2 Å². The van der Waals surface area contributed by atoms with E-state index in [1.54, 1.807) is 22.6 Å². The molecule has 1 amide bonds. The number of carbonyl (C=O) groups is 1. The summed E-state index contributed by atoms with van der Waals surface area (Å²) in [6, 6.07) is 2.39. The van der Waals surface area contributed by atoms with E-state index in [0.29, 0.717) is 0 Å². The average molecular weight is 323 g/mol. The van der Waals surface area contributed by atoms with Gasteiger partial charge in [-0.1, -0.05) is 0 Å². The number of hydrogen-bond donors (Lipinski definition) is 1. The molecule has 1 aliphatic rings. The van der Waals surface area contributed by atoms with Crippen LogP contribution >= 0.6 is 22.6 Å². The molecule has 0 aliphatic heterocycles. The van der Waals surface area contributed by atoms with Gasteiger partial charge in [0.1, 0.15) is 5.82 Å². The van der Waals surface area contributed by atoms with Crippen molar-refractivity contribution in [3.05, 3.63) is 27.3 Å². The van der Waals surface area contributed by atoms with Crippen molar-refractivity contribution < 1.29 is 13.6 Å². The molecular formula is C10H8F2INO. The summed E-state index contributed by atoms with van der Waals surface area (Å²) in [7, 11) is 0. The van der Waals surface area contributed by atoms with Gasteiger partial charge in [-0.05, 0) is 47.6 Å². The van der Waals surface area contributed by atoms with Gasteiger partial charge >= 0.3 is 0 Å². The van der Waals surface area contributed by atoms with Crippen molar-refractivity contribution >= 4 is 34.2 Å². The van der Waals surface area contributed by atoms with Crippen LogP contribution in [0.25, 0.3) is 0 Å². The van der Waals surface area contributed by atoms with Crippen LogP contribution in [0.2, 0.25) is 0 Å². The van der Waals surface area contributed by atoms with Crippen molar-refractivity contribution in [3.63, 3.8) is 0 Å². The number of rotatable bonds is 2. The summed E-state index contributed by atoms with van der Waals surface area (Å²) in [6.07, 6.45) is 1.71. The van der Waals surface area contributed by atoms with Gasteiger partial charge in [0, 0.05) is 5.92 Å². The first kappa shape index (κ1) is 10.8. The number of halogens is 3. The molecule has 1 aliphatic carbocycles. The third-order valence-corrected chi connectivity index (χ3v) is 3.23. The normalized spacial score (nSPS) is 15.1. The fourth-order valence-electron chi connectivity index (χ4n) is 1.20. The first-order valence-corrected chi connectivity index (χ1v) is 5.62. The van der Waals surface area contributed by atoms with Gasteiger partial charge in [0.2, 0.25) is 5.91 Å². The summed E-state index contributed by atoms with van der Waals surface area (Å²) < 4.78 is 26.3. The maximum Gasteiger partial charge on any atom is 0.227 e. The minimum absolute atomic E-state index is 0.00659. The lowest BCUT2D eigenvalue weighted by Crippen LogP contribution is -2.15. The minimum atomic E-state index is -0.704. The Kier molecular flexibility index (Phi) is 2.90. The van der Waals surface area contributed by atoms with Crippen LogP contribution in [-0.2, 0) is 4.79 Å². The molecule has 0 unspecified atom stereocenters. The molecule has 15 heavy (non-hydrogen) atoms. The summed E-state index contributed by atoms with van der Waals surface area (Å²) in [4.78, 5) is 11.3. The molecule has 0 heterocycles. The topological polar surface area (TPSA) is 29.1 Å². The van der Waals surface area contributed by atoms with E-state index in [0.717, 1.165) is 18.9 Å². The summed E-state index contributed by atoms with van der Waals surface area (Å²) in [5, 5.41) is 2.45. The van der Waals surface area contributed by atoms with Crippen molar-refractivity contribution in [2.24, 2.45) is 5.92 Å². The van der Waals surface area contributed by atoms with Gasteiger partial charge < -0.3 is 5.32 Å². The Hall–Kier alpha value is -0.720. The molecule has 0 spiro atoms. The van der Waals surface area contributed by atoms with Crippen molar-refractivity contribution in [1.29, 1.82) is 0 Å². The molecule has 2 rings (SSSR count). The predicted molar refractivity (Wildman–Crippen MR) is 60.4 cm³/mol. The molecule has 1 aromatic carbocycles. The summed E-state index contributed by atoms with van der Waals surface area (Å²) in [5.74, 6) is -1.49. The molecule has 0 bridgehead atoms. The van der Waals surface area contributed by atoms with E-state index >= 15 is 0 Å². The van der Waals surface area contributed by atoms with Gasteiger partial charge in [0.05, 0.1) is 9.26 Å². The van der Waals surface area contributed by atoms with Gasteiger partial charge in [-0.15, -0.1) is 0 Å². The Morgan fingerprint density at radius 1 is 1.40 bits per heavy atom. The van der Waals surface area contributed by atoms with Gasteiger partial charge in [-0.3, -0.25) is 4.79 Å². The fourth-order valence-corrected chi connectivity index (χ4v) is 1.67. The van der Waals surface area contributed by atoms with E-state index in [-0.39, 0.29) is 21.1 Å². The number of nitrogens with one attached hydrogen (secondary N) is 1. The van der Waals surface area contributed by atoms with Crippen LogP contribution < -0.4 is 5.32 Å². The van der Waals surface area contributed by atoms with Crippen molar-refractivity contribution in [2.75, 3.05) is 5.32 Å². The van der Waals surface area contributed by atoms with E-state index in [2.05, 4.69) is 5.32 Å². The Balaban J connectivity index is 2.21. The molecule has 80 valence electrons. The molecule has 0 aromatic heterocycles. The van der Waals surface area contributed by atoms with Gasteiger partial charge in [-0.2, -0.15) is 0 Å². The first-order valence-electron chi connectivity index (χ1n) is 4.54. The smallest absolute Gasteiger partial charge is 0.227 e. The lowest BCUT2D eigenvalue weighted by atomic mass is 10.3. The molecule has 0 saturated heterocycles. The van der Waals surface area contributed by atoms with E-state index < -0.39 is 11.6 Å². The van der Waals surface area contributed by atoms with Crippen LogP contribution in [0.4, 0.5) is 14.5 Å². The highest BCUT2D eigenvalue weighted by Crippen LogP contribution is 2.31. The van der Waals surface area contributed by atoms with Crippen molar-refractivity contribution in [3.8, 4) is 0 Å². The molecule has 0 radical (unpaired) electrons. The fraction of sp³-hybridized carbons (Fsp3) is 0.300. The number of carbonyl (C=O) groups excluding carboxylic acids is 1. The van der Waals surface area contributed by atoms with Crippen LogP contribution in [0.1, 0.15) is 12.8 Å². The lowest BCUT2D eigenvalue weighted by Gasteiger charge is -2.06. The standard InChI is InChI=1S/C10H8F2INO/c11-6-3-4-7(8(12)9(6)13)14-10(15)5-1-2-5/h3-5H,1-2H2,(H,14,15). The molecule has 5 heteroatoms.